The van der Waals surface area contributed by atoms with Crippen molar-refractivity contribution in [2.24, 2.45) is 0 Å². The predicted molar refractivity (Wildman–Crippen MR) is 99.8 cm³/mol. The summed E-state index contributed by atoms with van der Waals surface area (Å²) in [5.74, 6) is -0.563. The van der Waals surface area contributed by atoms with Crippen LogP contribution in [0.1, 0.15) is 15.9 Å². The molecule has 5 nitrogen and oxygen atoms in total. The Morgan fingerprint density at radius 1 is 1.24 bits per heavy atom. The van der Waals surface area contributed by atoms with E-state index in [0.717, 1.165) is 15.8 Å². The molecule has 0 fully saturated rings. The van der Waals surface area contributed by atoms with E-state index in [1.807, 2.05) is 19.1 Å². The number of carbonyl (C=O) groups excluding carboxylic acids is 1. The molecule has 1 amide bonds. The number of aromatic nitrogens is 1. The van der Waals surface area contributed by atoms with Crippen LogP contribution >= 0.6 is 22.9 Å². The molecule has 1 N–H and O–H groups in total. The summed E-state index contributed by atoms with van der Waals surface area (Å²) < 4.78 is 5.99. The number of thiazole rings is 1. The van der Waals surface area contributed by atoms with Gasteiger partial charge in [-0.25, -0.2) is 9.78 Å². The van der Waals surface area contributed by atoms with Crippen molar-refractivity contribution in [2.75, 3.05) is 5.32 Å². The molecule has 0 aliphatic carbocycles. The van der Waals surface area contributed by atoms with Crippen LogP contribution in [0.2, 0.25) is 5.02 Å². The van der Waals surface area contributed by atoms with Crippen LogP contribution < -0.4 is 10.9 Å². The van der Waals surface area contributed by atoms with Gasteiger partial charge in [-0.05, 0) is 30.7 Å². The third kappa shape index (κ3) is 2.79. The second-order valence-corrected chi connectivity index (χ2v) is 6.91. The second-order valence-electron chi connectivity index (χ2n) is 5.50. The fraction of sp³-hybridized carbons (Fsp3) is 0.0556. The zero-order valence-electron chi connectivity index (χ0n) is 13.0. The number of benzene rings is 2. The topological polar surface area (TPSA) is 72.2 Å². The number of rotatable bonds is 2. The number of fused-ring (bicyclic) bond motifs is 2. The highest BCUT2D eigenvalue weighted by atomic mass is 35.5. The fourth-order valence-corrected chi connectivity index (χ4v) is 3.75. The number of nitrogens with zero attached hydrogens (tertiary/aromatic N) is 1. The SMILES string of the molecule is Cc1ccc(Cl)c2sc(NC(=O)c3cc4ccccc4oc3=O)nc12. The molecule has 0 bridgehead atoms. The average Bonchev–Trinajstić information content (AvgIpc) is 3.02. The molecule has 0 radical (unpaired) electrons. The quantitative estimate of drug-likeness (QED) is 0.523. The van der Waals surface area contributed by atoms with Crippen molar-refractivity contribution in [2.45, 2.75) is 6.92 Å². The maximum Gasteiger partial charge on any atom is 0.349 e. The lowest BCUT2D eigenvalue weighted by atomic mass is 10.2. The Morgan fingerprint density at radius 3 is 2.84 bits per heavy atom. The zero-order chi connectivity index (χ0) is 17.6. The van der Waals surface area contributed by atoms with Crippen molar-refractivity contribution in [1.29, 1.82) is 0 Å². The van der Waals surface area contributed by atoms with Crippen LogP contribution in [-0.4, -0.2) is 10.9 Å². The Bertz CT molecular complexity index is 1160. The summed E-state index contributed by atoms with van der Waals surface area (Å²) >= 11 is 7.44. The van der Waals surface area contributed by atoms with Gasteiger partial charge in [0.25, 0.3) is 5.91 Å². The van der Waals surface area contributed by atoms with Crippen molar-refractivity contribution >= 4 is 55.2 Å². The molecular weight excluding hydrogens is 360 g/mol. The molecule has 2 aromatic heterocycles. The van der Waals surface area contributed by atoms with Crippen LogP contribution in [0.3, 0.4) is 0 Å². The lowest BCUT2D eigenvalue weighted by Crippen LogP contribution is -2.20. The second kappa shape index (κ2) is 5.98. The van der Waals surface area contributed by atoms with Gasteiger partial charge < -0.3 is 4.42 Å². The molecule has 7 heteroatoms. The van der Waals surface area contributed by atoms with E-state index < -0.39 is 11.5 Å². The van der Waals surface area contributed by atoms with E-state index in [1.54, 1.807) is 24.3 Å². The van der Waals surface area contributed by atoms with E-state index in [9.17, 15) is 9.59 Å². The summed E-state index contributed by atoms with van der Waals surface area (Å²) in [5.41, 5.74) is 1.37. The molecule has 0 saturated heterocycles. The van der Waals surface area contributed by atoms with Gasteiger partial charge in [0.15, 0.2) is 5.13 Å². The molecular formula is C18H11ClN2O3S. The summed E-state index contributed by atoms with van der Waals surface area (Å²) in [6.45, 7) is 1.92. The molecule has 0 aliphatic heterocycles. The third-order valence-electron chi connectivity index (χ3n) is 3.80. The standard InChI is InChI=1S/C18H11ClN2O3S/c1-9-6-7-12(19)15-14(9)20-18(25-15)21-16(22)11-8-10-4-2-3-5-13(10)24-17(11)23/h2-8H,1H3,(H,20,21,22). The molecule has 0 unspecified atom stereocenters. The van der Waals surface area contributed by atoms with Crippen LogP contribution in [0, 0.1) is 6.92 Å². The minimum Gasteiger partial charge on any atom is -0.422 e. The first-order chi connectivity index (χ1) is 12.0. The third-order valence-corrected chi connectivity index (χ3v) is 5.23. The highest BCUT2D eigenvalue weighted by Gasteiger charge is 2.17. The van der Waals surface area contributed by atoms with Gasteiger partial charge in [-0.2, -0.15) is 0 Å². The maximum atomic E-state index is 12.5. The molecule has 25 heavy (non-hydrogen) atoms. The molecule has 2 aromatic carbocycles. The van der Waals surface area contributed by atoms with E-state index in [4.69, 9.17) is 16.0 Å². The van der Waals surface area contributed by atoms with Gasteiger partial charge in [0.05, 0.1) is 15.2 Å². The van der Waals surface area contributed by atoms with Crippen LogP contribution in [0.5, 0.6) is 0 Å². The first-order valence-corrected chi connectivity index (χ1v) is 8.62. The van der Waals surface area contributed by atoms with Crippen molar-refractivity contribution in [3.05, 3.63) is 69.0 Å². The summed E-state index contributed by atoms with van der Waals surface area (Å²) in [6.07, 6.45) is 0. The molecule has 4 aromatic rings. The van der Waals surface area contributed by atoms with E-state index in [1.165, 1.54) is 17.4 Å². The van der Waals surface area contributed by atoms with Gasteiger partial charge in [-0.15, -0.1) is 0 Å². The Labute approximate surface area is 150 Å². The smallest absolute Gasteiger partial charge is 0.349 e. The number of aryl methyl sites for hydroxylation is 1. The van der Waals surface area contributed by atoms with Crippen molar-refractivity contribution in [3.63, 3.8) is 0 Å². The normalized spacial score (nSPS) is 11.1. The number of nitrogens with one attached hydrogen (secondary N) is 1. The Kier molecular flexibility index (Phi) is 3.78. The average molecular weight is 371 g/mol. The highest BCUT2D eigenvalue weighted by Crippen LogP contribution is 2.33. The van der Waals surface area contributed by atoms with Gasteiger partial charge in [-0.3, -0.25) is 10.1 Å². The van der Waals surface area contributed by atoms with Gasteiger partial charge in [0.1, 0.15) is 11.1 Å². The van der Waals surface area contributed by atoms with Crippen molar-refractivity contribution in [3.8, 4) is 0 Å². The molecule has 0 atom stereocenters. The van der Waals surface area contributed by atoms with Crippen LogP contribution in [0.15, 0.2) is 51.7 Å². The molecule has 0 saturated carbocycles. The fourth-order valence-electron chi connectivity index (χ4n) is 2.54. The number of anilines is 1. The summed E-state index contributed by atoms with van der Waals surface area (Å²) in [4.78, 5) is 29.0. The van der Waals surface area contributed by atoms with Crippen molar-refractivity contribution in [1.82, 2.24) is 4.98 Å². The van der Waals surface area contributed by atoms with Crippen LogP contribution in [-0.2, 0) is 0 Å². The maximum absolute atomic E-state index is 12.5. The zero-order valence-corrected chi connectivity index (χ0v) is 14.6. The van der Waals surface area contributed by atoms with E-state index in [2.05, 4.69) is 10.3 Å². The first kappa shape index (κ1) is 15.8. The summed E-state index contributed by atoms with van der Waals surface area (Å²) in [5, 5.41) is 4.29. The van der Waals surface area contributed by atoms with Gasteiger partial charge in [-0.1, -0.05) is 47.2 Å². The predicted octanol–water partition coefficient (Wildman–Crippen LogP) is 4.62. The lowest BCUT2D eigenvalue weighted by molar-refractivity contribution is 0.102. The van der Waals surface area contributed by atoms with Gasteiger partial charge >= 0.3 is 5.63 Å². The first-order valence-electron chi connectivity index (χ1n) is 7.43. The minimum absolute atomic E-state index is 0.0687. The molecule has 124 valence electrons. The number of amides is 1. The largest absolute Gasteiger partial charge is 0.422 e. The Hall–Kier alpha value is -2.70. The summed E-state index contributed by atoms with van der Waals surface area (Å²) in [7, 11) is 0. The number of halogens is 1. The number of carbonyl (C=O) groups is 1. The molecule has 0 aliphatic rings. The van der Waals surface area contributed by atoms with Crippen LogP contribution in [0.25, 0.3) is 21.2 Å². The summed E-state index contributed by atoms with van der Waals surface area (Å²) in [6, 6.07) is 12.2. The van der Waals surface area contributed by atoms with E-state index in [0.29, 0.717) is 21.1 Å². The Balaban J connectivity index is 1.73. The van der Waals surface area contributed by atoms with Gasteiger partial charge in [0, 0.05) is 5.39 Å². The molecule has 2 heterocycles. The molecule has 0 spiro atoms. The van der Waals surface area contributed by atoms with E-state index in [-0.39, 0.29) is 5.56 Å². The minimum atomic E-state index is -0.688. The monoisotopic (exact) mass is 370 g/mol. The number of para-hydroxylation sites is 1. The molecule has 4 rings (SSSR count). The number of hydrogen-bond donors (Lipinski definition) is 1. The van der Waals surface area contributed by atoms with E-state index >= 15 is 0 Å². The van der Waals surface area contributed by atoms with Crippen LogP contribution in [0.4, 0.5) is 5.13 Å². The number of hydrogen-bond acceptors (Lipinski definition) is 5. The lowest BCUT2D eigenvalue weighted by Gasteiger charge is -2.02. The van der Waals surface area contributed by atoms with Crippen molar-refractivity contribution < 1.29 is 9.21 Å². The highest BCUT2D eigenvalue weighted by molar-refractivity contribution is 7.23. The Morgan fingerprint density at radius 2 is 2.04 bits per heavy atom. The van der Waals surface area contributed by atoms with Gasteiger partial charge in [0.2, 0.25) is 0 Å².